The van der Waals surface area contributed by atoms with Crippen molar-refractivity contribution in [1.82, 2.24) is 9.97 Å². The van der Waals surface area contributed by atoms with E-state index in [0.717, 1.165) is 0 Å². The maximum Gasteiger partial charge on any atom is 0.254 e. The van der Waals surface area contributed by atoms with Crippen LogP contribution >= 0.6 is 0 Å². The van der Waals surface area contributed by atoms with Crippen molar-refractivity contribution in [2.24, 2.45) is 5.73 Å². The number of hydrogen-bond acceptors (Lipinski definition) is 4. The Morgan fingerprint density at radius 3 is 3.07 bits per heavy atom. The number of nitrogens with zero attached hydrogens (tertiary/aromatic N) is 2. The highest BCUT2D eigenvalue weighted by Gasteiger charge is 2.12. The van der Waals surface area contributed by atoms with E-state index in [-0.39, 0.29) is 11.4 Å². The van der Waals surface area contributed by atoms with Crippen LogP contribution in [-0.4, -0.2) is 23.0 Å². The second-order valence-corrected chi connectivity index (χ2v) is 2.86. The summed E-state index contributed by atoms with van der Waals surface area (Å²) >= 11 is 0. The average Bonchev–Trinajstić information content (AvgIpc) is 2.27. The number of rotatable bonds is 2. The van der Waals surface area contributed by atoms with Crippen LogP contribution in [0.5, 0.6) is 5.88 Å². The molecule has 0 fully saturated rings. The number of pyridine rings is 2. The van der Waals surface area contributed by atoms with Crippen molar-refractivity contribution in [2.75, 3.05) is 7.11 Å². The highest BCUT2D eigenvalue weighted by molar-refractivity contribution is 5.97. The summed E-state index contributed by atoms with van der Waals surface area (Å²) in [6, 6.07) is 6.27. The van der Waals surface area contributed by atoms with E-state index < -0.39 is 5.91 Å². The number of ether oxygens (including phenoxy) is 1. The molecule has 0 aliphatic heterocycles. The molecule has 0 atom stereocenters. The van der Waals surface area contributed by atoms with E-state index in [9.17, 15) is 4.79 Å². The first-order valence-corrected chi connectivity index (χ1v) is 4.24. The molecule has 0 saturated heterocycles. The maximum absolute atomic E-state index is 11.1. The van der Waals surface area contributed by atoms with Crippen LogP contribution in [0.4, 0.5) is 0 Å². The monoisotopic (exact) mass is 202 g/mol. The molecule has 0 bridgehead atoms. The predicted molar refractivity (Wildman–Crippen MR) is 53.4 cm³/mol. The van der Waals surface area contributed by atoms with Crippen molar-refractivity contribution < 1.29 is 9.53 Å². The van der Waals surface area contributed by atoms with Gasteiger partial charge in [-0.15, -0.1) is 0 Å². The van der Waals surface area contributed by atoms with E-state index in [4.69, 9.17) is 10.5 Å². The Morgan fingerprint density at radius 1 is 1.60 bits per heavy atom. The Morgan fingerprint density at radius 2 is 2.40 bits per heavy atom. The number of carbonyl (C=O) groups is 1. The Labute approximate surface area is 85.9 Å². The Hall–Kier alpha value is -2.17. The first kappa shape index (κ1) is 9.39. The zero-order valence-electron chi connectivity index (χ0n) is 8.02. The minimum Gasteiger partial charge on any atom is -0.480 e. The Kier molecular flexibility index (Phi) is 2.21. The van der Waals surface area contributed by atoms with Crippen LogP contribution in [0.15, 0.2) is 18.3 Å². The van der Waals surface area contributed by atoms with E-state index >= 15 is 0 Å². The second-order valence-electron chi connectivity index (χ2n) is 2.86. The lowest BCUT2D eigenvalue weighted by molar-refractivity contribution is 0.0996. The first-order chi connectivity index (χ1) is 7.22. The minimum absolute atomic E-state index is 0.115. The van der Waals surface area contributed by atoms with Crippen LogP contribution in [0, 0.1) is 6.07 Å². The van der Waals surface area contributed by atoms with E-state index in [1.54, 1.807) is 18.3 Å². The normalized spacial score (nSPS) is 10.2. The molecule has 0 saturated carbocycles. The van der Waals surface area contributed by atoms with Crippen LogP contribution < -0.4 is 10.5 Å². The lowest BCUT2D eigenvalue weighted by Gasteiger charge is -2.04. The summed E-state index contributed by atoms with van der Waals surface area (Å²) in [5, 5.41) is 0. The third kappa shape index (κ3) is 1.59. The van der Waals surface area contributed by atoms with Gasteiger partial charge in [-0.25, -0.2) is 4.98 Å². The van der Waals surface area contributed by atoms with Crippen LogP contribution in [0.2, 0.25) is 0 Å². The second kappa shape index (κ2) is 3.53. The summed E-state index contributed by atoms with van der Waals surface area (Å²) in [5.41, 5.74) is 6.38. The van der Waals surface area contributed by atoms with Crippen LogP contribution in [0.3, 0.4) is 0 Å². The number of aromatic nitrogens is 2. The van der Waals surface area contributed by atoms with Gasteiger partial charge in [0.15, 0.2) is 0 Å². The zero-order valence-corrected chi connectivity index (χ0v) is 8.02. The molecule has 0 unspecified atom stereocenters. The van der Waals surface area contributed by atoms with Gasteiger partial charge in [0, 0.05) is 12.3 Å². The molecule has 5 nitrogen and oxygen atoms in total. The summed E-state index contributed by atoms with van der Waals surface area (Å²) in [6.07, 6.45) is 1.60. The summed E-state index contributed by atoms with van der Waals surface area (Å²) in [7, 11) is 1.42. The molecule has 75 valence electrons. The van der Waals surface area contributed by atoms with Gasteiger partial charge in [-0.2, -0.15) is 0 Å². The first-order valence-electron chi connectivity index (χ1n) is 4.24. The molecule has 1 amide bonds. The topological polar surface area (TPSA) is 78.1 Å². The number of fused-ring (bicyclic) bond motifs is 1. The predicted octanol–water partition coefficient (Wildman–Crippen LogP) is 0.537. The minimum atomic E-state index is -0.632. The SMILES string of the molecule is COc1nc2cccnc2[c]c1C(N)=O. The molecule has 5 heteroatoms. The standard InChI is InChI=1S/C10H8N3O2/c1-15-10-6(9(11)14)5-8-7(13-10)3-2-4-12-8/h2-4H,1H3,(H2,11,14). The van der Waals surface area contributed by atoms with Gasteiger partial charge < -0.3 is 10.5 Å². The molecule has 15 heavy (non-hydrogen) atoms. The fourth-order valence-corrected chi connectivity index (χ4v) is 1.24. The lowest BCUT2D eigenvalue weighted by Crippen LogP contribution is -2.13. The van der Waals surface area contributed by atoms with Crippen LogP contribution in [0.1, 0.15) is 10.4 Å². The van der Waals surface area contributed by atoms with Crippen molar-refractivity contribution in [3.8, 4) is 5.88 Å². The summed E-state index contributed by atoms with van der Waals surface area (Å²) < 4.78 is 4.94. The highest BCUT2D eigenvalue weighted by atomic mass is 16.5. The van der Waals surface area contributed by atoms with Crippen molar-refractivity contribution >= 4 is 16.9 Å². The molecular formula is C10H8N3O2. The van der Waals surface area contributed by atoms with Crippen molar-refractivity contribution in [3.05, 3.63) is 30.0 Å². The maximum atomic E-state index is 11.1. The number of hydrogen-bond donors (Lipinski definition) is 1. The van der Waals surface area contributed by atoms with E-state index in [1.807, 2.05) is 0 Å². The fraction of sp³-hybridized carbons (Fsp3) is 0.100. The number of amides is 1. The molecule has 2 N–H and O–H groups in total. The van der Waals surface area contributed by atoms with Crippen molar-refractivity contribution in [3.63, 3.8) is 0 Å². The molecular weight excluding hydrogens is 194 g/mol. The van der Waals surface area contributed by atoms with Crippen molar-refractivity contribution in [2.45, 2.75) is 0 Å². The molecule has 0 aromatic carbocycles. The molecule has 1 radical (unpaired) electrons. The number of carbonyl (C=O) groups excluding carboxylic acids is 1. The van der Waals surface area contributed by atoms with Gasteiger partial charge in [-0.05, 0) is 12.1 Å². The van der Waals surface area contributed by atoms with Gasteiger partial charge >= 0.3 is 0 Å². The van der Waals surface area contributed by atoms with Gasteiger partial charge in [0.1, 0.15) is 5.56 Å². The summed E-state index contributed by atoms with van der Waals surface area (Å²) in [5.74, 6) is -0.463. The van der Waals surface area contributed by atoms with Gasteiger partial charge in [-0.3, -0.25) is 9.78 Å². The molecule has 2 heterocycles. The number of primary amides is 1. The molecule has 0 aliphatic carbocycles. The lowest BCUT2D eigenvalue weighted by atomic mass is 10.2. The van der Waals surface area contributed by atoms with Crippen LogP contribution in [-0.2, 0) is 0 Å². The average molecular weight is 202 g/mol. The smallest absolute Gasteiger partial charge is 0.254 e. The molecule has 0 spiro atoms. The Bertz CT molecular complexity index is 525. The molecule has 0 aliphatic rings. The van der Waals surface area contributed by atoms with Gasteiger partial charge in [0.05, 0.1) is 18.1 Å². The van der Waals surface area contributed by atoms with E-state index in [0.29, 0.717) is 11.0 Å². The summed E-state index contributed by atoms with van der Waals surface area (Å²) in [4.78, 5) is 19.2. The van der Waals surface area contributed by atoms with Gasteiger partial charge in [0.2, 0.25) is 5.88 Å². The highest BCUT2D eigenvalue weighted by Crippen LogP contribution is 2.19. The molecule has 2 aromatic rings. The number of methoxy groups -OCH3 is 1. The van der Waals surface area contributed by atoms with Crippen LogP contribution in [0.25, 0.3) is 11.0 Å². The third-order valence-corrected chi connectivity index (χ3v) is 1.91. The molecule has 2 rings (SSSR count). The van der Waals surface area contributed by atoms with Gasteiger partial charge in [-0.1, -0.05) is 0 Å². The quantitative estimate of drug-likeness (QED) is 0.770. The molecule has 2 aromatic heterocycles. The largest absolute Gasteiger partial charge is 0.480 e. The van der Waals surface area contributed by atoms with E-state index in [1.165, 1.54) is 7.11 Å². The van der Waals surface area contributed by atoms with E-state index in [2.05, 4.69) is 16.0 Å². The summed E-state index contributed by atoms with van der Waals surface area (Å²) in [6.45, 7) is 0. The Balaban J connectivity index is 2.74. The fourth-order valence-electron chi connectivity index (χ4n) is 1.24. The zero-order chi connectivity index (χ0) is 10.8. The van der Waals surface area contributed by atoms with Crippen molar-refractivity contribution in [1.29, 1.82) is 0 Å². The number of nitrogens with two attached hydrogens (primary N) is 1. The third-order valence-electron chi connectivity index (χ3n) is 1.91. The van der Waals surface area contributed by atoms with Gasteiger partial charge in [0.25, 0.3) is 5.91 Å².